The van der Waals surface area contributed by atoms with Gasteiger partial charge in [0.1, 0.15) is 11.5 Å². The molecule has 106 valence electrons. The first-order chi connectivity index (χ1) is 8.99. The first-order valence-electron chi connectivity index (χ1n) is 6.47. The van der Waals surface area contributed by atoms with Crippen LogP contribution in [0.3, 0.4) is 0 Å². The average Bonchev–Trinajstić information content (AvgIpc) is 2.40. The number of rotatable bonds is 6. The number of halogens is 2. The highest BCUT2D eigenvalue weighted by atomic mass is 19.1. The molecular weight excluding hydrogens is 250 g/mol. The predicted octanol–water partition coefficient (Wildman–Crippen LogP) is 2.99. The van der Waals surface area contributed by atoms with Gasteiger partial charge in [0, 0.05) is 6.04 Å². The minimum Gasteiger partial charge on any atom is -0.371 e. The molecule has 1 aromatic carbocycles. The molecule has 1 amide bonds. The number of amides is 1. The third-order valence-corrected chi connectivity index (χ3v) is 3.06. The van der Waals surface area contributed by atoms with Crippen molar-refractivity contribution in [3.05, 3.63) is 29.3 Å². The molecule has 0 aromatic heterocycles. The van der Waals surface area contributed by atoms with Crippen molar-refractivity contribution in [2.75, 3.05) is 11.9 Å². The second-order valence-corrected chi connectivity index (χ2v) is 4.49. The first kappa shape index (κ1) is 15.4. The molecule has 19 heavy (non-hydrogen) atoms. The molecule has 0 fully saturated rings. The normalized spacial score (nSPS) is 10.6. The average molecular weight is 270 g/mol. The summed E-state index contributed by atoms with van der Waals surface area (Å²) in [4.78, 5) is 11.6. The van der Waals surface area contributed by atoms with Gasteiger partial charge in [0.2, 0.25) is 5.91 Å². The van der Waals surface area contributed by atoms with Crippen LogP contribution < -0.4 is 10.6 Å². The van der Waals surface area contributed by atoms with Gasteiger partial charge < -0.3 is 10.6 Å². The monoisotopic (exact) mass is 270 g/mol. The molecule has 0 saturated heterocycles. The number of nitrogens with one attached hydrogen (secondary N) is 2. The van der Waals surface area contributed by atoms with Gasteiger partial charge in [-0.2, -0.15) is 0 Å². The maximum absolute atomic E-state index is 13.7. The second-order valence-electron chi connectivity index (χ2n) is 4.49. The SMILES string of the molecule is CCC(CC)NC(=O)CNc1c(F)ccc(C)c1F. The van der Waals surface area contributed by atoms with E-state index in [0.717, 1.165) is 12.8 Å². The minimum atomic E-state index is -0.696. The fourth-order valence-electron chi connectivity index (χ4n) is 1.76. The topological polar surface area (TPSA) is 41.1 Å². The lowest BCUT2D eigenvalue weighted by Gasteiger charge is -2.16. The molecule has 5 heteroatoms. The van der Waals surface area contributed by atoms with E-state index in [2.05, 4.69) is 10.6 Å². The van der Waals surface area contributed by atoms with Crippen molar-refractivity contribution in [3.8, 4) is 0 Å². The molecule has 1 rings (SSSR count). The highest BCUT2D eigenvalue weighted by Gasteiger charge is 2.13. The zero-order valence-corrected chi connectivity index (χ0v) is 11.5. The molecule has 0 spiro atoms. The number of carbonyl (C=O) groups excluding carboxylic acids is 1. The Morgan fingerprint density at radius 3 is 2.47 bits per heavy atom. The van der Waals surface area contributed by atoms with Crippen molar-refractivity contribution in [2.45, 2.75) is 39.7 Å². The molecule has 0 atom stereocenters. The van der Waals surface area contributed by atoms with Crippen LogP contribution in [-0.2, 0) is 4.79 Å². The zero-order chi connectivity index (χ0) is 14.4. The second kappa shape index (κ2) is 7.07. The van der Waals surface area contributed by atoms with E-state index in [1.54, 1.807) is 6.92 Å². The van der Waals surface area contributed by atoms with Crippen LogP contribution in [0.5, 0.6) is 0 Å². The third kappa shape index (κ3) is 4.19. The van der Waals surface area contributed by atoms with Gasteiger partial charge in [0.25, 0.3) is 0 Å². The number of aryl methyl sites for hydroxylation is 1. The van der Waals surface area contributed by atoms with Crippen LogP contribution in [0.2, 0.25) is 0 Å². The summed E-state index contributed by atoms with van der Waals surface area (Å²) in [5, 5.41) is 5.31. The lowest BCUT2D eigenvalue weighted by molar-refractivity contribution is -0.120. The Bertz CT molecular complexity index is 445. The summed E-state index contributed by atoms with van der Waals surface area (Å²) >= 11 is 0. The molecule has 0 saturated carbocycles. The summed E-state index contributed by atoms with van der Waals surface area (Å²) in [5.74, 6) is -1.62. The Hall–Kier alpha value is -1.65. The molecule has 0 bridgehead atoms. The van der Waals surface area contributed by atoms with Gasteiger partial charge in [-0.25, -0.2) is 8.78 Å². The Labute approximate surface area is 112 Å². The smallest absolute Gasteiger partial charge is 0.239 e. The van der Waals surface area contributed by atoms with Crippen molar-refractivity contribution in [3.63, 3.8) is 0 Å². The van der Waals surface area contributed by atoms with Crippen LogP contribution in [0.4, 0.5) is 14.5 Å². The van der Waals surface area contributed by atoms with Crippen LogP contribution in [0.1, 0.15) is 32.3 Å². The molecule has 1 aromatic rings. The van der Waals surface area contributed by atoms with E-state index >= 15 is 0 Å². The molecule has 3 nitrogen and oxygen atoms in total. The summed E-state index contributed by atoms with van der Waals surface area (Å²) in [6.07, 6.45) is 1.66. The van der Waals surface area contributed by atoms with E-state index < -0.39 is 11.6 Å². The molecule has 0 radical (unpaired) electrons. The highest BCUT2D eigenvalue weighted by Crippen LogP contribution is 2.21. The summed E-state index contributed by atoms with van der Waals surface area (Å²) < 4.78 is 27.1. The Morgan fingerprint density at radius 1 is 1.26 bits per heavy atom. The molecule has 0 unspecified atom stereocenters. The molecule has 0 aliphatic rings. The van der Waals surface area contributed by atoms with Crippen molar-refractivity contribution in [1.82, 2.24) is 5.32 Å². The lowest BCUT2D eigenvalue weighted by atomic mass is 10.1. The molecule has 0 aliphatic heterocycles. The van der Waals surface area contributed by atoms with Crippen molar-refractivity contribution in [1.29, 1.82) is 0 Å². The summed E-state index contributed by atoms with van der Waals surface area (Å²) in [6, 6.07) is 2.64. The maximum atomic E-state index is 13.7. The van der Waals surface area contributed by atoms with Crippen LogP contribution in [0.15, 0.2) is 12.1 Å². The molecule has 0 aliphatic carbocycles. The van der Waals surface area contributed by atoms with Crippen LogP contribution in [0, 0.1) is 18.6 Å². The molecular formula is C14H20F2N2O. The summed E-state index contributed by atoms with van der Waals surface area (Å²) in [6.45, 7) is 5.35. The van der Waals surface area contributed by atoms with Gasteiger partial charge in [-0.1, -0.05) is 19.9 Å². The lowest BCUT2D eigenvalue weighted by Crippen LogP contribution is -2.37. The fourth-order valence-corrected chi connectivity index (χ4v) is 1.76. The minimum absolute atomic E-state index is 0.0986. The standard InChI is InChI=1S/C14H20F2N2O/c1-4-10(5-2)18-12(19)8-17-14-11(15)7-6-9(3)13(14)16/h6-7,10,17H,4-5,8H2,1-3H3,(H,18,19). The van der Waals surface area contributed by atoms with Gasteiger partial charge in [-0.15, -0.1) is 0 Å². The van der Waals surface area contributed by atoms with Crippen molar-refractivity contribution < 1.29 is 13.6 Å². The molecule has 2 N–H and O–H groups in total. The zero-order valence-electron chi connectivity index (χ0n) is 11.5. The first-order valence-corrected chi connectivity index (χ1v) is 6.47. The fraction of sp³-hybridized carbons (Fsp3) is 0.500. The number of hydrogen-bond donors (Lipinski definition) is 2. The van der Waals surface area contributed by atoms with Crippen LogP contribution >= 0.6 is 0 Å². The predicted molar refractivity (Wildman–Crippen MR) is 72.1 cm³/mol. The van der Waals surface area contributed by atoms with E-state index in [9.17, 15) is 13.6 Å². The van der Waals surface area contributed by atoms with Gasteiger partial charge in [0.05, 0.1) is 6.54 Å². The van der Waals surface area contributed by atoms with E-state index in [1.165, 1.54) is 12.1 Å². The number of benzene rings is 1. The molecule has 0 heterocycles. The summed E-state index contributed by atoms with van der Waals surface area (Å²) in [5.41, 5.74) is 0.0870. The van der Waals surface area contributed by atoms with E-state index in [0.29, 0.717) is 5.56 Å². The Balaban J connectivity index is 2.62. The number of hydrogen-bond acceptors (Lipinski definition) is 2. The maximum Gasteiger partial charge on any atom is 0.239 e. The van der Waals surface area contributed by atoms with E-state index in [4.69, 9.17) is 0 Å². The highest BCUT2D eigenvalue weighted by molar-refractivity contribution is 5.81. The van der Waals surface area contributed by atoms with Crippen LogP contribution in [0.25, 0.3) is 0 Å². The van der Waals surface area contributed by atoms with Gasteiger partial charge >= 0.3 is 0 Å². The summed E-state index contributed by atoms with van der Waals surface area (Å²) in [7, 11) is 0. The van der Waals surface area contributed by atoms with E-state index in [1.807, 2.05) is 13.8 Å². The van der Waals surface area contributed by atoms with Crippen molar-refractivity contribution >= 4 is 11.6 Å². The van der Waals surface area contributed by atoms with Gasteiger partial charge in [-0.3, -0.25) is 4.79 Å². The largest absolute Gasteiger partial charge is 0.371 e. The number of anilines is 1. The Morgan fingerprint density at radius 2 is 1.89 bits per heavy atom. The quantitative estimate of drug-likeness (QED) is 0.834. The third-order valence-electron chi connectivity index (χ3n) is 3.06. The van der Waals surface area contributed by atoms with Crippen molar-refractivity contribution in [2.24, 2.45) is 0 Å². The number of carbonyl (C=O) groups is 1. The van der Waals surface area contributed by atoms with Gasteiger partial charge in [-0.05, 0) is 31.4 Å². The van der Waals surface area contributed by atoms with Crippen LogP contribution in [-0.4, -0.2) is 18.5 Å². The van der Waals surface area contributed by atoms with Gasteiger partial charge in [0.15, 0.2) is 5.82 Å². The van der Waals surface area contributed by atoms with E-state index in [-0.39, 0.29) is 24.2 Å². The Kier molecular flexibility index (Phi) is 5.73.